The lowest BCUT2D eigenvalue weighted by Crippen LogP contribution is -2.49. The zero-order chi connectivity index (χ0) is 20.7. The van der Waals surface area contributed by atoms with Crippen LogP contribution in [0.2, 0.25) is 10.0 Å². The molecule has 0 heterocycles. The summed E-state index contributed by atoms with van der Waals surface area (Å²) in [5, 5.41) is 3.53. The zero-order valence-corrected chi connectivity index (χ0v) is 17.4. The normalized spacial score (nSPS) is 11.8. The lowest BCUT2D eigenvalue weighted by atomic mass is 10.1. The molecule has 0 saturated heterocycles. The number of rotatable bonds is 8. The zero-order valence-electron chi connectivity index (χ0n) is 15.8. The van der Waals surface area contributed by atoms with Gasteiger partial charge in [-0.3, -0.25) is 9.59 Å². The maximum Gasteiger partial charge on any atom is 0.242 e. The van der Waals surface area contributed by atoms with Crippen molar-refractivity contribution in [2.75, 3.05) is 6.54 Å². The Hall–Kier alpha value is -2.11. The van der Waals surface area contributed by atoms with E-state index in [0.717, 1.165) is 5.56 Å². The minimum atomic E-state index is -0.673. The lowest BCUT2D eigenvalue weighted by Gasteiger charge is -2.30. The molecule has 0 spiro atoms. The molecule has 0 aliphatic rings. The fourth-order valence-electron chi connectivity index (χ4n) is 2.95. The molecule has 0 aliphatic carbocycles. The van der Waals surface area contributed by atoms with Gasteiger partial charge < -0.3 is 10.2 Å². The molecule has 2 amide bonds. The third-order valence-corrected chi connectivity index (χ3v) is 5.11. The fraction of sp³-hybridized carbons (Fsp3) is 0.333. The van der Waals surface area contributed by atoms with Crippen molar-refractivity contribution < 1.29 is 14.0 Å². The molecule has 0 radical (unpaired) electrons. The summed E-state index contributed by atoms with van der Waals surface area (Å²) in [6.45, 7) is 4.27. The smallest absolute Gasteiger partial charge is 0.242 e. The van der Waals surface area contributed by atoms with Gasteiger partial charge in [-0.25, -0.2) is 4.39 Å². The molecule has 1 atom stereocenters. The number of hydrogen-bond acceptors (Lipinski definition) is 2. The van der Waals surface area contributed by atoms with E-state index in [-0.39, 0.29) is 30.3 Å². The third-order valence-electron chi connectivity index (χ3n) is 4.37. The van der Waals surface area contributed by atoms with Gasteiger partial charge in [0.05, 0.1) is 16.5 Å². The summed E-state index contributed by atoms with van der Waals surface area (Å²) in [5.41, 5.74) is 1.02. The van der Waals surface area contributed by atoms with Crippen LogP contribution in [0.25, 0.3) is 0 Å². The van der Waals surface area contributed by atoms with Gasteiger partial charge in [-0.05, 0) is 42.7 Å². The summed E-state index contributed by atoms with van der Waals surface area (Å²) in [6, 6.07) is 10.5. The maximum absolute atomic E-state index is 14.0. The van der Waals surface area contributed by atoms with Crippen LogP contribution in [0.1, 0.15) is 31.4 Å². The van der Waals surface area contributed by atoms with Crippen molar-refractivity contribution in [1.82, 2.24) is 10.2 Å². The molecular weight excluding hydrogens is 402 g/mol. The van der Waals surface area contributed by atoms with E-state index in [1.807, 2.05) is 13.8 Å². The molecule has 2 aromatic rings. The van der Waals surface area contributed by atoms with E-state index in [0.29, 0.717) is 23.0 Å². The molecule has 2 rings (SSSR count). The molecule has 150 valence electrons. The Morgan fingerprint density at radius 2 is 1.82 bits per heavy atom. The summed E-state index contributed by atoms with van der Waals surface area (Å²) < 4.78 is 14.0. The van der Waals surface area contributed by atoms with Crippen LogP contribution >= 0.6 is 23.2 Å². The van der Waals surface area contributed by atoms with Crippen LogP contribution in [0.3, 0.4) is 0 Å². The number of halogens is 3. The first-order chi connectivity index (χ1) is 13.4. The fourth-order valence-corrected chi connectivity index (χ4v) is 3.27. The molecule has 0 bridgehead atoms. The molecule has 28 heavy (non-hydrogen) atoms. The molecule has 7 heteroatoms. The quantitative estimate of drug-likeness (QED) is 0.671. The molecule has 0 aliphatic heterocycles. The Morgan fingerprint density at radius 3 is 2.43 bits per heavy atom. The highest BCUT2D eigenvalue weighted by molar-refractivity contribution is 6.42. The average molecular weight is 425 g/mol. The van der Waals surface area contributed by atoms with E-state index in [9.17, 15) is 14.0 Å². The Kier molecular flexibility index (Phi) is 8.27. The average Bonchev–Trinajstić information content (AvgIpc) is 2.66. The van der Waals surface area contributed by atoms with Crippen LogP contribution in [0.5, 0.6) is 0 Å². The van der Waals surface area contributed by atoms with E-state index in [1.54, 1.807) is 36.4 Å². The van der Waals surface area contributed by atoms with E-state index in [4.69, 9.17) is 23.2 Å². The first kappa shape index (κ1) is 22.2. The molecule has 0 saturated carbocycles. The van der Waals surface area contributed by atoms with Gasteiger partial charge in [0.25, 0.3) is 0 Å². The first-order valence-corrected chi connectivity index (χ1v) is 9.87. The number of hydrogen-bond donors (Lipinski definition) is 1. The topological polar surface area (TPSA) is 49.4 Å². The first-order valence-electron chi connectivity index (χ1n) is 9.11. The lowest BCUT2D eigenvalue weighted by molar-refractivity contribution is -0.140. The van der Waals surface area contributed by atoms with E-state index < -0.39 is 11.9 Å². The summed E-state index contributed by atoms with van der Waals surface area (Å²) in [5.74, 6) is -1.03. The van der Waals surface area contributed by atoms with Gasteiger partial charge in [0.1, 0.15) is 11.9 Å². The van der Waals surface area contributed by atoms with Crippen molar-refractivity contribution in [3.8, 4) is 0 Å². The molecular formula is C21H23Cl2FN2O2. The van der Waals surface area contributed by atoms with E-state index in [2.05, 4.69) is 5.32 Å². The molecule has 2 aromatic carbocycles. The minimum absolute atomic E-state index is 0.135. The second-order valence-electron chi connectivity index (χ2n) is 6.36. The Balaban J connectivity index is 2.33. The number of carbonyl (C=O) groups is 2. The van der Waals surface area contributed by atoms with Crippen LogP contribution in [0.4, 0.5) is 4.39 Å². The van der Waals surface area contributed by atoms with Crippen LogP contribution in [0.15, 0.2) is 42.5 Å². The maximum atomic E-state index is 14.0. The summed E-state index contributed by atoms with van der Waals surface area (Å²) >= 11 is 12.1. The molecule has 4 nitrogen and oxygen atoms in total. The van der Waals surface area contributed by atoms with Gasteiger partial charge in [0.2, 0.25) is 11.8 Å². The summed E-state index contributed by atoms with van der Waals surface area (Å²) in [6.07, 6.45) is 0.292. The van der Waals surface area contributed by atoms with E-state index >= 15 is 0 Å². The molecule has 1 N–H and O–H groups in total. The van der Waals surface area contributed by atoms with Gasteiger partial charge in [-0.15, -0.1) is 0 Å². The van der Waals surface area contributed by atoms with Crippen LogP contribution in [-0.4, -0.2) is 29.3 Å². The van der Waals surface area contributed by atoms with Crippen molar-refractivity contribution in [1.29, 1.82) is 0 Å². The summed E-state index contributed by atoms with van der Waals surface area (Å²) in [4.78, 5) is 27.0. The number of likely N-dealkylation sites (N-methyl/N-ethyl adjacent to an activating group) is 1. The van der Waals surface area contributed by atoms with Gasteiger partial charge in [-0.2, -0.15) is 0 Å². The highest BCUT2D eigenvalue weighted by atomic mass is 35.5. The Morgan fingerprint density at radius 1 is 1.11 bits per heavy atom. The molecule has 0 aromatic heterocycles. The number of nitrogens with zero attached hydrogens (tertiary/aromatic N) is 1. The Labute approximate surface area is 174 Å². The monoisotopic (exact) mass is 424 g/mol. The largest absolute Gasteiger partial charge is 0.355 e. The molecule has 0 fully saturated rings. The van der Waals surface area contributed by atoms with Crippen LogP contribution < -0.4 is 5.32 Å². The van der Waals surface area contributed by atoms with Gasteiger partial charge in [0, 0.05) is 13.1 Å². The van der Waals surface area contributed by atoms with Gasteiger partial charge in [-0.1, -0.05) is 54.4 Å². The van der Waals surface area contributed by atoms with E-state index in [1.165, 1.54) is 11.0 Å². The van der Waals surface area contributed by atoms with Gasteiger partial charge >= 0.3 is 0 Å². The standard InChI is InChI=1S/C21H23Cl2FN2O2/c1-3-19(21(28)25-4-2)26(13-14-9-10-16(22)17(23)11-14)20(27)12-15-7-5-6-8-18(15)24/h5-11,19H,3-4,12-13H2,1-2H3,(H,25,28). The van der Waals surface area contributed by atoms with Crippen LogP contribution in [0, 0.1) is 5.82 Å². The number of benzene rings is 2. The minimum Gasteiger partial charge on any atom is -0.355 e. The predicted molar refractivity (Wildman–Crippen MR) is 110 cm³/mol. The second kappa shape index (κ2) is 10.4. The number of nitrogens with one attached hydrogen (secondary N) is 1. The van der Waals surface area contributed by atoms with Crippen molar-refractivity contribution in [3.05, 3.63) is 69.5 Å². The van der Waals surface area contributed by atoms with Gasteiger partial charge in [0.15, 0.2) is 0 Å². The summed E-state index contributed by atoms with van der Waals surface area (Å²) in [7, 11) is 0. The SMILES string of the molecule is CCNC(=O)C(CC)N(Cc1ccc(Cl)c(Cl)c1)C(=O)Cc1ccccc1F. The predicted octanol–water partition coefficient (Wildman–Crippen LogP) is 4.62. The number of carbonyl (C=O) groups excluding carboxylic acids is 2. The van der Waals surface area contributed by atoms with Crippen molar-refractivity contribution in [2.24, 2.45) is 0 Å². The highest BCUT2D eigenvalue weighted by Crippen LogP contribution is 2.24. The van der Waals surface area contributed by atoms with Crippen molar-refractivity contribution in [2.45, 2.75) is 39.3 Å². The number of amides is 2. The van der Waals surface area contributed by atoms with Crippen LogP contribution in [-0.2, 0) is 22.6 Å². The highest BCUT2D eigenvalue weighted by Gasteiger charge is 2.28. The van der Waals surface area contributed by atoms with Crippen molar-refractivity contribution >= 4 is 35.0 Å². The molecule has 1 unspecified atom stereocenters. The Bertz CT molecular complexity index is 845. The van der Waals surface area contributed by atoms with Crippen molar-refractivity contribution in [3.63, 3.8) is 0 Å². The third kappa shape index (κ3) is 5.69. The second-order valence-corrected chi connectivity index (χ2v) is 7.17.